The van der Waals surface area contributed by atoms with Gasteiger partial charge in [-0.25, -0.2) is 0 Å². The van der Waals surface area contributed by atoms with Crippen molar-refractivity contribution in [2.24, 2.45) is 0 Å². The highest BCUT2D eigenvalue weighted by atomic mass is 35.5. The maximum atomic E-state index is 12.6. The molecular weight excluding hydrogens is 346 g/mol. The molecule has 0 aliphatic heterocycles. The quantitative estimate of drug-likeness (QED) is 0.711. The van der Waals surface area contributed by atoms with Crippen molar-refractivity contribution in [3.05, 3.63) is 47.5 Å². The molecule has 0 aliphatic carbocycles. The number of hydrogen-bond donors (Lipinski definition) is 1. The van der Waals surface area contributed by atoms with Crippen molar-refractivity contribution >= 4 is 35.0 Å². The van der Waals surface area contributed by atoms with Gasteiger partial charge in [0, 0.05) is 16.0 Å². The highest BCUT2D eigenvalue weighted by Crippen LogP contribution is 2.31. The van der Waals surface area contributed by atoms with E-state index in [0.29, 0.717) is 28.6 Å². The number of thioether (sulfide) groups is 1. The third kappa shape index (κ3) is 4.82. The SMILES string of the molecule is CC[C@H](Sc1ccc(Cl)cc1)C(=O)Nc1cc(OC)ccc1OC. The Balaban J connectivity index is 2.12. The summed E-state index contributed by atoms with van der Waals surface area (Å²) in [7, 11) is 3.15. The summed E-state index contributed by atoms with van der Waals surface area (Å²) in [6, 6.07) is 12.8. The molecule has 2 aromatic rings. The predicted octanol–water partition coefficient (Wildman–Crippen LogP) is 4.87. The van der Waals surface area contributed by atoms with Gasteiger partial charge in [-0.1, -0.05) is 18.5 Å². The van der Waals surface area contributed by atoms with Crippen LogP contribution in [0.25, 0.3) is 0 Å². The van der Waals surface area contributed by atoms with Crippen molar-refractivity contribution in [1.29, 1.82) is 0 Å². The molecule has 6 heteroatoms. The van der Waals surface area contributed by atoms with Gasteiger partial charge in [-0.05, 0) is 42.8 Å². The molecule has 0 saturated carbocycles. The van der Waals surface area contributed by atoms with Crippen molar-refractivity contribution in [2.45, 2.75) is 23.5 Å². The molecular formula is C18H20ClNO3S. The molecule has 1 N–H and O–H groups in total. The van der Waals surface area contributed by atoms with Crippen LogP contribution in [0.2, 0.25) is 5.02 Å². The Morgan fingerprint density at radius 2 is 1.88 bits per heavy atom. The number of nitrogens with one attached hydrogen (secondary N) is 1. The molecule has 0 fully saturated rings. The first-order valence-corrected chi connectivity index (χ1v) is 8.78. The fourth-order valence-electron chi connectivity index (χ4n) is 2.12. The number of ether oxygens (including phenoxy) is 2. The molecule has 2 rings (SSSR count). The minimum absolute atomic E-state index is 0.0796. The summed E-state index contributed by atoms with van der Waals surface area (Å²) in [5.41, 5.74) is 0.594. The second kappa shape index (κ2) is 8.85. The molecule has 0 aliphatic rings. The largest absolute Gasteiger partial charge is 0.497 e. The van der Waals surface area contributed by atoms with Gasteiger partial charge in [0.2, 0.25) is 5.91 Å². The zero-order chi connectivity index (χ0) is 17.5. The minimum Gasteiger partial charge on any atom is -0.497 e. The maximum Gasteiger partial charge on any atom is 0.237 e. The van der Waals surface area contributed by atoms with E-state index in [9.17, 15) is 4.79 Å². The van der Waals surface area contributed by atoms with Crippen LogP contribution >= 0.6 is 23.4 Å². The number of carbonyl (C=O) groups is 1. The Labute approximate surface area is 151 Å². The second-order valence-electron chi connectivity index (χ2n) is 5.02. The molecule has 24 heavy (non-hydrogen) atoms. The van der Waals surface area contributed by atoms with Crippen LogP contribution in [0, 0.1) is 0 Å². The van der Waals surface area contributed by atoms with Crippen molar-refractivity contribution in [1.82, 2.24) is 0 Å². The third-order valence-corrected chi connectivity index (χ3v) is 5.05. The summed E-state index contributed by atoms with van der Waals surface area (Å²) < 4.78 is 10.5. The molecule has 0 spiro atoms. The van der Waals surface area contributed by atoms with E-state index in [1.807, 2.05) is 31.2 Å². The fourth-order valence-corrected chi connectivity index (χ4v) is 3.21. The smallest absolute Gasteiger partial charge is 0.237 e. The van der Waals surface area contributed by atoms with Gasteiger partial charge in [-0.15, -0.1) is 11.8 Å². The monoisotopic (exact) mass is 365 g/mol. The summed E-state index contributed by atoms with van der Waals surface area (Å²) in [6.07, 6.45) is 0.700. The Bertz CT molecular complexity index is 691. The van der Waals surface area contributed by atoms with Gasteiger partial charge in [-0.3, -0.25) is 4.79 Å². The Morgan fingerprint density at radius 3 is 2.46 bits per heavy atom. The number of carbonyl (C=O) groups excluding carboxylic acids is 1. The molecule has 4 nitrogen and oxygen atoms in total. The van der Waals surface area contributed by atoms with Gasteiger partial charge in [0.25, 0.3) is 0 Å². The lowest BCUT2D eigenvalue weighted by Crippen LogP contribution is -2.24. The third-order valence-electron chi connectivity index (χ3n) is 3.42. The lowest BCUT2D eigenvalue weighted by atomic mass is 10.2. The average Bonchev–Trinajstić information content (AvgIpc) is 2.61. The first-order chi connectivity index (χ1) is 11.6. The Hall–Kier alpha value is -1.85. The molecule has 0 heterocycles. The number of halogens is 1. The van der Waals surface area contributed by atoms with Gasteiger partial charge < -0.3 is 14.8 Å². The normalized spacial score (nSPS) is 11.7. The number of benzene rings is 2. The molecule has 2 aromatic carbocycles. The van der Waals surface area contributed by atoms with Gasteiger partial charge in [0.15, 0.2) is 0 Å². The van der Waals surface area contributed by atoms with Crippen LogP contribution in [0.1, 0.15) is 13.3 Å². The molecule has 0 unspecified atom stereocenters. The van der Waals surface area contributed by atoms with Crippen LogP contribution in [0.4, 0.5) is 5.69 Å². The van der Waals surface area contributed by atoms with E-state index in [-0.39, 0.29) is 11.2 Å². The summed E-state index contributed by atoms with van der Waals surface area (Å²) >= 11 is 7.41. The lowest BCUT2D eigenvalue weighted by molar-refractivity contribution is -0.115. The molecule has 0 radical (unpaired) electrons. The lowest BCUT2D eigenvalue weighted by Gasteiger charge is -2.17. The number of hydrogen-bond acceptors (Lipinski definition) is 4. The summed E-state index contributed by atoms with van der Waals surface area (Å²) in [6.45, 7) is 1.98. The summed E-state index contributed by atoms with van der Waals surface area (Å²) in [5, 5.41) is 3.39. The van der Waals surface area contributed by atoms with Gasteiger partial charge in [0.05, 0.1) is 25.2 Å². The Kier molecular flexibility index (Phi) is 6.82. The van der Waals surface area contributed by atoms with Crippen LogP contribution in [0.3, 0.4) is 0 Å². The van der Waals surface area contributed by atoms with Crippen LogP contribution in [-0.2, 0) is 4.79 Å². The number of anilines is 1. The van der Waals surface area contributed by atoms with E-state index in [1.165, 1.54) is 11.8 Å². The van der Waals surface area contributed by atoms with E-state index in [0.717, 1.165) is 4.90 Å². The first-order valence-electron chi connectivity index (χ1n) is 7.52. The van der Waals surface area contributed by atoms with Gasteiger partial charge in [-0.2, -0.15) is 0 Å². The van der Waals surface area contributed by atoms with Crippen molar-refractivity contribution in [2.75, 3.05) is 19.5 Å². The standard InChI is InChI=1S/C18H20ClNO3S/c1-4-17(24-14-8-5-12(19)6-9-14)18(21)20-15-11-13(22-2)7-10-16(15)23-3/h5-11,17H,4H2,1-3H3,(H,20,21)/t17-/m0/s1. The van der Waals surface area contributed by atoms with E-state index in [2.05, 4.69) is 5.32 Å². The van der Waals surface area contributed by atoms with E-state index in [4.69, 9.17) is 21.1 Å². The first kappa shape index (κ1) is 18.5. The van der Waals surface area contributed by atoms with Crippen molar-refractivity contribution < 1.29 is 14.3 Å². The average molecular weight is 366 g/mol. The zero-order valence-electron chi connectivity index (χ0n) is 13.8. The summed E-state index contributed by atoms with van der Waals surface area (Å²) in [4.78, 5) is 13.6. The van der Waals surface area contributed by atoms with E-state index >= 15 is 0 Å². The zero-order valence-corrected chi connectivity index (χ0v) is 15.4. The topological polar surface area (TPSA) is 47.6 Å². The number of methoxy groups -OCH3 is 2. The van der Waals surface area contributed by atoms with Crippen molar-refractivity contribution in [3.63, 3.8) is 0 Å². The molecule has 0 bridgehead atoms. The number of amides is 1. The van der Waals surface area contributed by atoms with E-state index in [1.54, 1.807) is 32.4 Å². The molecule has 1 amide bonds. The maximum absolute atomic E-state index is 12.6. The minimum atomic E-state index is -0.220. The second-order valence-corrected chi connectivity index (χ2v) is 6.74. The Morgan fingerprint density at radius 1 is 1.17 bits per heavy atom. The van der Waals surface area contributed by atoms with Crippen molar-refractivity contribution in [3.8, 4) is 11.5 Å². The van der Waals surface area contributed by atoms with Gasteiger partial charge >= 0.3 is 0 Å². The molecule has 1 atom stereocenters. The van der Waals surface area contributed by atoms with Crippen LogP contribution < -0.4 is 14.8 Å². The molecule has 0 aromatic heterocycles. The van der Waals surface area contributed by atoms with E-state index < -0.39 is 0 Å². The number of rotatable bonds is 7. The highest BCUT2D eigenvalue weighted by molar-refractivity contribution is 8.00. The van der Waals surface area contributed by atoms with Crippen LogP contribution in [0.15, 0.2) is 47.4 Å². The fraction of sp³-hybridized carbons (Fsp3) is 0.278. The predicted molar refractivity (Wildman–Crippen MR) is 99.6 cm³/mol. The molecule has 128 valence electrons. The highest BCUT2D eigenvalue weighted by Gasteiger charge is 2.19. The van der Waals surface area contributed by atoms with Gasteiger partial charge in [0.1, 0.15) is 11.5 Å². The van der Waals surface area contributed by atoms with Crippen LogP contribution in [0.5, 0.6) is 11.5 Å². The molecule has 0 saturated heterocycles. The summed E-state index contributed by atoms with van der Waals surface area (Å²) in [5.74, 6) is 1.17. The van der Waals surface area contributed by atoms with Crippen LogP contribution in [-0.4, -0.2) is 25.4 Å².